The van der Waals surface area contributed by atoms with Crippen LogP contribution < -0.4 is 21.7 Å². The number of hydrogen-bond acceptors (Lipinski definition) is 7. The lowest BCUT2D eigenvalue weighted by Gasteiger charge is -2.26. The van der Waals surface area contributed by atoms with Crippen molar-refractivity contribution in [3.8, 4) is 0 Å². The summed E-state index contributed by atoms with van der Waals surface area (Å²) in [5, 5.41) is 25.0. The van der Waals surface area contributed by atoms with Crippen LogP contribution >= 0.6 is 0 Å². The Hall–Kier alpha value is -2.99. The van der Waals surface area contributed by atoms with E-state index in [2.05, 4.69) is 25.9 Å². The van der Waals surface area contributed by atoms with Crippen LogP contribution in [0.2, 0.25) is 0 Å². The summed E-state index contributed by atoms with van der Waals surface area (Å²) in [7, 11) is 0. The Morgan fingerprint density at radius 3 is 2.41 bits per heavy atom. The Morgan fingerprint density at radius 2 is 1.90 bits per heavy atom. The fraction of sp³-hybridized carbons (Fsp3) is 0.588. The minimum atomic E-state index is -1.21. The van der Waals surface area contributed by atoms with E-state index in [1.165, 1.54) is 12.5 Å². The second-order valence-corrected chi connectivity index (χ2v) is 6.61. The molecule has 0 radical (unpaired) electrons. The van der Waals surface area contributed by atoms with Gasteiger partial charge in [0.15, 0.2) is 0 Å². The van der Waals surface area contributed by atoms with Gasteiger partial charge in [0.25, 0.3) is 0 Å². The number of carbonyl (C=O) groups is 4. The number of nitrogens with two attached hydrogens (primary N) is 1. The monoisotopic (exact) mass is 412 g/mol. The smallest absolute Gasteiger partial charge is 0.322 e. The first-order valence-electron chi connectivity index (χ1n) is 9.13. The second-order valence-electron chi connectivity index (χ2n) is 6.61. The van der Waals surface area contributed by atoms with Gasteiger partial charge in [-0.15, -0.1) is 0 Å². The minimum Gasteiger partial charge on any atom is -0.480 e. The molecule has 0 saturated carbocycles. The van der Waals surface area contributed by atoms with Crippen LogP contribution in [-0.4, -0.2) is 75.1 Å². The van der Waals surface area contributed by atoms with Crippen molar-refractivity contribution < 1.29 is 29.4 Å². The fourth-order valence-electron chi connectivity index (χ4n) is 2.42. The number of aliphatic hydroxyl groups is 1. The number of hydrogen-bond donors (Lipinski definition) is 7. The summed E-state index contributed by atoms with van der Waals surface area (Å²) >= 11 is 0. The number of aliphatic hydroxyl groups excluding tert-OH is 1. The van der Waals surface area contributed by atoms with Crippen LogP contribution in [0.1, 0.15) is 26.0 Å². The molecule has 0 aromatic carbocycles. The Kier molecular flexibility index (Phi) is 9.75. The molecule has 4 atom stereocenters. The van der Waals surface area contributed by atoms with Gasteiger partial charge in [0.2, 0.25) is 17.7 Å². The number of nitrogens with zero attached hydrogens (tertiary/aromatic N) is 1. The molecule has 12 heteroatoms. The third-order valence-corrected chi connectivity index (χ3v) is 4.35. The van der Waals surface area contributed by atoms with Gasteiger partial charge in [-0.1, -0.05) is 20.3 Å². The van der Waals surface area contributed by atoms with Gasteiger partial charge < -0.3 is 36.9 Å². The normalized spacial score (nSPS) is 14.9. The highest BCUT2D eigenvalue weighted by atomic mass is 16.4. The van der Waals surface area contributed by atoms with E-state index in [1.54, 1.807) is 6.92 Å². The van der Waals surface area contributed by atoms with Gasteiger partial charge in [-0.25, -0.2) is 4.98 Å². The van der Waals surface area contributed by atoms with Gasteiger partial charge in [-0.3, -0.25) is 19.2 Å². The zero-order valence-electron chi connectivity index (χ0n) is 16.3. The summed E-state index contributed by atoms with van der Waals surface area (Å²) in [6.45, 7) is 2.37. The largest absolute Gasteiger partial charge is 0.480 e. The van der Waals surface area contributed by atoms with Gasteiger partial charge in [0.1, 0.15) is 24.7 Å². The van der Waals surface area contributed by atoms with E-state index in [4.69, 9.17) is 15.9 Å². The standard InChI is InChI=1S/C17H28N6O6/c1-3-9(2)14(17(29)20-6-13(25)26)23-16(28)12(4-10-5-19-8-21-10)22-15(27)11(18)7-24/h5,8-9,11-12,14,24H,3-4,6-7,18H2,1-2H3,(H,19,21)(H,20,29)(H,22,27)(H,23,28)(H,25,26). The molecule has 0 aliphatic carbocycles. The van der Waals surface area contributed by atoms with Gasteiger partial charge in [-0.2, -0.15) is 0 Å². The number of carboxylic acids is 1. The first-order chi connectivity index (χ1) is 13.7. The molecule has 12 nitrogen and oxygen atoms in total. The van der Waals surface area contributed by atoms with Crippen molar-refractivity contribution in [3.63, 3.8) is 0 Å². The van der Waals surface area contributed by atoms with Gasteiger partial charge >= 0.3 is 5.97 Å². The van der Waals surface area contributed by atoms with E-state index in [0.29, 0.717) is 12.1 Å². The lowest BCUT2D eigenvalue weighted by molar-refractivity contribution is -0.139. The number of aromatic amines is 1. The average molecular weight is 412 g/mol. The quantitative estimate of drug-likeness (QED) is 0.195. The molecular weight excluding hydrogens is 384 g/mol. The second kappa shape index (κ2) is 11.8. The van der Waals surface area contributed by atoms with E-state index < -0.39 is 55.0 Å². The first-order valence-corrected chi connectivity index (χ1v) is 9.13. The van der Waals surface area contributed by atoms with Crippen molar-refractivity contribution in [1.82, 2.24) is 25.9 Å². The molecule has 29 heavy (non-hydrogen) atoms. The molecule has 1 heterocycles. The maximum absolute atomic E-state index is 12.8. The molecule has 0 aliphatic rings. The van der Waals surface area contributed by atoms with Crippen LogP contribution in [0.5, 0.6) is 0 Å². The summed E-state index contributed by atoms with van der Waals surface area (Å²) in [5.74, 6) is -3.55. The number of aromatic nitrogens is 2. The van der Waals surface area contributed by atoms with Crippen LogP contribution in [-0.2, 0) is 25.6 Å². The molecule has 1 aromatic rings. The van der Waals surface area contributed by atoms with Crippen LogP contribution in [0, 0.1) is 5.92 Å². The third kappa shape index (κ3) is 7.87. The Labute approximate surface area is 167 Å². The van der Waals surface area contributed by atoms with Crippen LogP contribution in [0.4, 0.5) is 0 Å². The van der Waals surface area contributed by atoms with Gasteiger partial charge in [0, 0.05) is 18.3 Å². The molecule has 8 N–H and O–H groups in total. The third-order valence-electron chi connectivity index (χ3n) is 4.35. The lowest BCUT2D eigenvalue weighted by Crippen LogP contribution is -2.58. The maximum atomic E-state index is 12.8. The Bertz CT molecular complexity index is 695. The van der Waals surface area contributed by atoms with Crippen molar-refractivity contribution in [2.24, 2.45) is 11.7 Å². The fourth-order valence-corrected chi connectivity index (χ4v) is 2.42. The van der Waals surface area contributed by atoms with Crippen LogP contribution in [0.25, 0.3) is 0 Å². The molecule has 4 unspecified atom stereocenters. The van der Waals surface area contributed by atoms with Gasteiger partial charge in [-0.05, 0) is 5.92 Å². The first kappa shape index (κ1) is 24.0. The highest BCUT2D eigenvalue weighted by molar-refractivity contribution is 5.93. The van der Waals surface area contributed by atoms with Crippen molar-refractivity contribution in [1.29, 1.82) is 0 Å². The predicted molar refractivity (Wildman–Crippen MR) is 101 cm³/mol. The number of carboxylic acid groups (broad SMARTS) is 1. The van der Waals surface area contributed by atoms with E-state index in [-0.39, 0.29) is 12.3 Å². The Morgan fingerprint density at radius 1 is 1.21 bits per heavy atom. The molecule has 162 valence electrons. The molecular formula is C17H28N6O6. The number of amides is 3. The van der Waals surface area contributed by atoms with E-state index >= 15 is 0 Å². The topological polar surface area (TPSA) is 200 Å². The lowest BCUT2D eigenvalue weighted by atomic mass is 9.97. The summed E-state index contributed by atoms with van der Waals surface area (Å²) in [6, 6.07) is -3.31. The number of carbonyl (C=O) groups excluding carboxylic acids is 3. The van der Waals surface area contributed by atoms with E-state index in [1.807, 2.05) is 6.92 Å². The van der Waals surface area contributed by atoms with Gasteiger partial charge in [0.05, 0.1) is 12.9 Å². The zero-order chi connectivity index (χ0) is 22.0. The summed E-state index contributed by atoms with van der Waals surface area (Å²) in [4.78, 5) is 54.6. The number of H-pyrrole nitrogens is 1. The molecule has 0 spiro atoms. The molecule has 3 amide bonds. The van der Waals surface area contributed by atoms with Crippen molar-refractivity contribution >= 4 is 23.7 Å². The number of rotatable bonds is 12. The summed E-state index contributed by atoms with van der Waals surface area (Å²) in [5.41, 5.74) is 6.05. The molecule has 0 fully saturated rings. The zero-order valence-corrected chi connectivity index (χ0v) is 16.3. The van der Waals surface area contributed by atoms with E-state index in [9.17, 15) is 19.2 Å². The van der Waals surface area contributed by atoms with E-state index in [0.717, 1.165) is 0 Å². The molecule has 1 rings (SSSR count). The maximum Gasteiger partial charge on any atom is 0.322 e. The molecule has 0 aliphatic heterocycles. The molecule has 1 aromatic heterocycles. The highest BCUT2D eigenvalue weighted by Crippen LogP contribution is 2.09. The Balaban J connectivity index is 2.96. The van der Waals surface area contributed by atoms with Crippen molar-refractivity contribution in [2.45, 2.75) is 44.8 Å². The minimum absolute atomic E-state index is 0.0414. The predicted octanol–water partition coefficient (Wildman–Crippen LogP) is -2.51. The summed E-state index contributed by atoms with van der Waals surface area (Å²) < 4.78 is 0. The summed E-state index contributed by atoms with van der Waals surface area (Å²) in [6.07, 6.45) is 3.47. The van der Waals surface area contributed by atoms with Crippen molar-refractivity contribution in [3.05, 3.63) is 18.2 Å². The number of aliphatic carboxylic acids is 1. The van der Waals surface area contributed by atoms with Crippen LogP contribution in [0.3, 0.4) is 0 Å². The molecule has 0 saturated heterocycles. The highest BCUT2D eigenvalue weighted by Gasteiger charge is 2.31. The average Bonchev–Trinajstić information content (AvgIpc) is 3.21. The number of imidazole rings is 1. The molecule has 0 bridgehead atoms. The van der Waals surface area contributed by atoms with Crippen LogP contribution in [0.15, 0.2) is 12.5 Å². The van der Waals surface area contributed by atoms with Crippen molar-refractivity contribution in [2.75, 3.05) is 13.2 Å². The number of nitrogens with one attached hydrogen (secondary N) is 4. The SMILES string of the molecule is CCC(C)C(NC(=O)C(Cc1cnc[nH]1)NC(=O)C(N)CO)C(=O)NCC(=O)O.